The molecule has 0 unspecified atom stereocenters. The second kappa shape index (κ2) is 7.30. The zero-order valence-electron chi connectivity index (χ0n) is 12.7. The SMILES string of the molecule is CN=C(NCc1ncc(C)s1)NC1CCC(C(F)(F)F)CC1. The Morgan fingerprint density at radius 3 is 2.55 bits per heavy atom. The number of nitrogens with one attached hydrogen (secondary N) is 2. The van der Waals surface area contributed by atoms with E-state index in [1.165, 1.54) is 0 Å². The number of guanidine groups is 1. The van der Waals surface area contributed by atoms with E-state index in [2.05, 4.69) is 20.6 Å². The summed E-state index contributed by atoms with van der Waals surface area (Å²) in [5.41, 5.74) is 0. The Morgan fingerprint density at radius 1 is 1.36 bits per heavy atom. The summed E-state index contributed by atoms with van der Waals surface area (Å²) in [6.07, 6.45) is -0.847. The van der Waals surface area contributed by atoms with Crippen molar-refractivity contribution in [2.75, 3.05) is 7.05 Å². The standard InChI is InChI=1S/C14H21F3N4S/c1-9-7-19-12(22-9)8-20-13(18-2)21-11-5-3-10(4-6-11)14(15,16)17/h7,10-11H,3-6,8H2,1-2H3,(H2,18,20,21). The van der Waals surface area contributed by atoms with Crippen molar-refractivity contribution >= 4 is 17.3 Å². The summed E-state index contributed by atoms with van der Waals surface area (Å²) in [7, 11) is 1.66. The van der Waals surface area contributed by atoms with Gasteiger partial charge in [0.2, 0.25) is 0 Å². The highest BCUT2D eigenvalue weighted by atomic mass is 32.1. The molecule has 0 bridgehead atoms. The van der Waals surface area contributed by atoms with Crippen molar-refractivity contribution in [1.82, 2.24) is 15.6 Å². The van der Waals surface area contributed by atoms with Crippen LogP contribution in [0.25, 0.3) is 0 Å². The van der Waals surface area contributed by atoms with Crippen LogP contribution in [0.3, 0.4) is 0 Å². The highest BCUT2D eigenvalue weighted by Gasteiger charge is 2.41. The van der Waals surface area contributed by atoms with E-state index < -0.39 is 12.1 Å². The normalized spacial score (nSPS) is 23.4. The summed E-state index contributed by atoms with van der Waals surface area (Å²) in [6, 6.07) is 0.0443. The molecule has 1 aromatic rings. The minimum Gasteiger partial charge on any atom is -0.354 e. The van der Waals surface area contributed by atoms with Crippen molar-refractivity contribution in [3.63, 3.8) is 0 Å². The van der Waals surface area contributed by atoms with Gasteiger partial charge in [0, 0.05) is 24.2 Å². The fourth-order valence-electron chi connectivity index (χ4n) is 2.60. The van der Waals surface area contributed by atoms with E-state index in [-0.39, 0.29) is 18.9 Å². The summed E-state index contributed by atoms with van der Waals surface area (Å²) in [6.45, 7) is 2.56. The van der Waals surface area contributed by atoms with Gasteiger partial charge in [0.05, 0.1) is 12.5 Å². The first-order chi connectivity index (χ1) is 10.4. The monoisotopic (exact) mass is 334 g/mol. The number of aryl methyl sites for hydroxylation is 1. The Balaban J connectivity index is 1.77. The largest absolute Gasteiger partial charge is 0.391 e. The maximum absolute atomic E-state index is 12.6. The van der Waals surface area contributed by atoms with Gasteiger partial charge in [0.1, 0.15) is 5.01 Å². The lowest BCUT2D eigenvalue weighted by atomic mass is 9.85. The van der Waals surface area contributed by atoms with Crippen molar-refractivity contribution in [2.45, 2.75) is 51.4 Å². The lowest BCUT2D eigenvalue weighted by Crippen LogP contribution is -2.45. The van der Waals surface area contributed by atoms with E-state index in [0.717, 1.165) is 9.88 Å². The van der Waals surface area contributed by atoms with Crippen molar-refractivity contribution in [2.24, 2.45) is 10.9 Å². The van der Waals surface area contributed by atoms with Gasteiger partial charge in [-0.05, 0) is 32.6 Å². The molecule has 1 heterocycles. The van der Waals surface area contributed by atoms with Gasteiger partial charge in [0.15, 0.2) is 5.96 Å². The zero-order chi connectivity index (χ0) is 16.2. The molecule has 0 aliphatic heterocycles. The first-order valence-corrected chi connectivity index (χ1v) is 8.15. The van der Waals surface area contributed by atoms with E-state index in [9.17, 15) is 13.2 Å². The van der Waals surface area contributed by atoms with Gasteiger partial charge in [0.25, 0.3) is 0 Å². The van der Waals surface area contributed by atoms with Gasteiger partial charge < -0.3 is 10.6 Å². The number of rotatable bonds is 3. The molecule has 0 radical (unpaired) electrons. The zero-order valence-corrected chi connectivity index (χ0v) is 13.5. The number of aliphatic imine (C=N–C) groups is 1. The molecule has 1 saturated carbocycles. The molecule has 2 rings (SSSR count). The third-order valence-corrected chi connectivity index (χ3v) is 4.74. The van der Waals surface area contributed by atoms with Crippen LogP contribution in [0.5, 0.6) is 0 Å². The fourth-order valence-corrected chi connectivity index (χ4v) is 3.32. The van der Waals surface area contributed by atoms with Crippen molar-refractivity contribution in [3.8, 4) is 0 Å². The lowest BCUT2D eigenvalue weighted by molar-refractivity contribution is -0.182. The topological polar surface area (TPSA) is 49.3 Å². The second-order valence-corrected chi connectivity index (χ2v) is 6.84. The van der Waals surface area contributed by atoms with E-state index in [1.54, 1.807) is 18.4 Å². The molecule has 1 fully saturated rings. The summed E-state index contributed by atoms with van der Waals surface area (Å²) >= 11 is 1.61. The number of thiazole rings is 1. The molecular formula is C14H21F3N4S. The lowest BCUT2D eigenvalue weighted by Gasteiger charge is -2.31. The molecule has 2 N–H and O–H groups in total. The number of halogens is 3. The third-order valence-electron chi connectivity index (χ3n) is 3.83. The molecule has 0 spiro atoms. The van der Waals surface area contributed by atoms with Crippen LogP contribution in [-0.2, 0) is 6.54 Å². The maximum Gasteiger partial charge on any atom is 0.391 e. The predicted octanol–water partition coefficient (Wildman–Crippen LogP) is 3.24. The molecule has 0 saturated heterocycles. The number of aromatic nitrogens is 1. The summed E-state index contributed by atoms with van der Waals surface area (Å²) < 4.78 is 37.9. The smallest absolute Gasteiger partial charge is 0.354 e. The summed E-state index contributed by atoms with van der Waals surface area (Å²) in [4.78, 5) is 9.52. The predicted molar refractivity (Wildman–Crippen MR) is 82.0 cm³/mol. The van der Waals surface area contributed by atoms with E-state index >= 15 is 0 Å². The Labute approximate surface area is 132 Å². The van der Waals surface area contributed by atoms with Crippen LogP contribution in [-0.4, -0.2) is 30.2 Å². The minimum atomic E-state index is -4.06. The van der Waals surface area contributed by atoms with E-state index in [1.807, 2.05) is 13.1 Å². The number of hydrogen-bond acceptors (Lipinski definition) is 3. The van der Waals surface area contributed by atoms with Crippen LogP contribution in [0.15, 0.2) is 11.2 Å². The Hall–Kier alpha value is -1.31. The average Bonchev–Trinajstić information content (AvgIpc) is 2.88. The van der Waals surface area contributed by atoms with E-state index in [4.69, 9.17) is 0 Å². The molecule has 124 valence electrons. The molecule has 1 aliphatic rings. The summed E-state index contributed by atoms with van der Waals surface area (Å²) in [5.74, 6) is -0.540. The first-order valence-electron chi connectivity index (χ1n) is 7.33. The minimum absolute atomic E-state index is 0.0443. The third kappa shape index (κ3) is 4.86. The highest BCUT2D eigenvalue weighted by Crippen LogP contribution is 2.37. The Bertz CT molecular complexity index is 504. The Morgan fingerprint density at radius 2 is 2.05 bits per heavy atom. The molecule has 8 heteroatoms. The molecule has 0 atom stereocenters. The highest BCUT2D eigenvalue weighted by molar-refractivity contribution is 7.11. The van der Waals surface area contributed by atoms with Crippen molar-refractivity contribution < 1.29 is 13.2 Å². The van der Waals surface area contributed by atoms with Gasteiger partial charge in [-0.3, -0.25) is 4.99 Å². The number of hydrogen-bond donors (Lipinski definition) is 2. The molecular weight excluding hydrogens is 313 g/mol. The number of alkyl halides is 3. The van der Waals surface area contributed by atoms with Crippen LogP contribution in [0.2, 0.25) is 0 Å². The first kappa shape index (κ1) is 17.1. The molecule has 0 amide bonds. The van der Waals surface area contributed by atoms with Crippen molar-refractivity contribution in [3.05, 3.63) is 16.1 Å². The van der Waals surface area contributed by atoms with Gasteiger partial charge >= 0.3 is 6.18 Å². The molecule has 1 aromatic heterocycles. The van der Waals surface area contributed by atoms with Crippen LogP contribution >= 0.6 is 11.3 Å². The Kier molecular flexibility index (Phi) is 5.66. The van der Waals surface area contributed by atoms with Gasteiger partial charge in [-0.1, -0.05) is 0 Å². The summed E-state index contributed by atoms with van der Waals surface area (Å²) in [5, 5.41) is 7.31. The van der Waals surface area contributed by atoms with Crippen LogP contribution < -0.4 is 10.6 Å². The van der Waals surface area contributed by atoms with E-state index in [0.29, 0.717) is 25.3 Å². The van der Waals surface area contributed by atoms with Crippen LogP contribution in [0.4, 0.5) is 13.2 Å². The quantitative estimate of drug-likeness (QED) is 0.659. The second-order valence-electron chi connectivity index (χ2n) is 5.52. The van der Waals surface area contributed by atoms with Gasteiger partial charge in [-0.25, -0.2) is 4.98 Å². The van der Waals surface area contributed by atoms with Crippen LogP contribution in [0, 0.1) is 12.8 Å². The van der Waals surface area contributed by atoms with Crippen molar-refractivity contribution in [1.29, 1.82) is 0 Å². The van der Waals surface area contributed by atoms with Gasteiger partial charge in [-0.15, -0.1) is 11.3 Å². The van der Waals surface area contributed by atoms with Gasteiger partial charge in [-0.2, -0.15) is 13.2 Å². The molecule has 22 heavy (non-hydrogen) atoms. The molecule has 4 nitrogen and oxygen atoms in total. The molecule has 0 aromatic carbocycles. The fraction of sp³-hybridized carbons (Fsp3) is 0.714. The molecule has 1 aliphatic carbocycles. The maximum atomic E-state index is 12.6. The average molecular weight is 334 g/mol. The van der Waals surface area contributed by atoms with Crippen LogP contribution in [0.1, 0.15) is 35.6 Å². The number of nitrogens with zero attached hydrogens (tertiary/aromatic N) is 2.